The fourth-order valence-corrected chi connectivity index (χ4v) is 5.22. The first-order valence-electron chi connectivity index (χ1n) is 11.9. The summed E-state index contributed by atoms with van der Waals surface area (Å²) in [6.07, 6.45) is 12.2. The summed E-state index contributed by atoms with van der Waals surface area (Å²) in [6.45, 7) is 7.28. The van der Waals surface area contributed by atoms with Gasteiger partial charge in [0, 0.05) is 42.8 Å². The minimum atomic E-state index is -0.436. The number of H-pyrrole nitrogens is 1. The number of hydrogen-bond acceptors (Lipinski definition) is 5. The summed E-state index contributed by atoms with van der Waals surface area (Å²) in [6, 6.07) is 3.61. The Hall–Kier alpha value is -2.61. The van der Waals surface area contributed by atoms with Crippen molar-refractivity contribution in [3.63, 3.8) is 0 Å². The highest BCUT2D eigenvalue weighted by atomic mass is 16.6. The molecule has 0 bridgehead atoms. The second kappa shape index (κ2) is 8.39. The lowest BCUT2D eigenvalue weighted by Crippen LogP contribution is -2.49. The minimum absolute atomic E-state index is 0.184. The molecule has 0 aromatic carbocycles. The van der Waals surface area contributed by atoms with Crippen LogP contribution in [0, 0.1) is 0 Å². The first kappa shape index (κ1) is 21.2. The first-order chi connectivity index (χ1) is 15.4. The maximum absolute atomic E-state index is 12.3. The zero-order valence-electron chi connectivity index (χ0n) is 19.3. The van der Waals surface area contributed by atoms with E-state index in [2.05, 4.69) is 30.9 Å². The molecule has 8 nitrogen and oxygen atoms in total. The van der Waals surface area contributed by atoms with E-state index in [1.54, 1.807) is 0 Å². The van der Waals surface area contributed by atoms with Crippen LogP contribution in [0.25, 0.3) is 22.1 Å². The summed E-state index contributed by atoms with van der Waals surface area (Å²) in [7, 11) is 0. The molecule has 8 heteroatoms. The van der Waals surface area contributed by atoms with Crippen LogP contribution < -0.4 is 5.32 Å². The number of carbonyl (C=O) groups is 1. The number of ether oxygens (including phenoxy) is 1. The number of amides is 1. The van der Waals surface area contributed by atoms with Crippen molar-refractivity contribution in [1.29, 1.82) is 0 Å². The Morgan fingerprint density at radius 2 is 1.81 bits per heavy atom. The smallest absolute Gasteiger partial charge is 0.410 e. The Bertz CT molecular complexity index is 1080. The lowest BCUT2D eigenvalue weighted by atomic mass is 9.89. The summed E-state index contributed by atoms with van der Waals surface area (Å²) in [5.74, 6) is 0. The number of nitrogens with zero attached hydrogens (tertiary/aromatic N) is 4. The quantitative estimate of drug-likeness (QED) is 0.633. The van der Waals surface area contributed by atoms with Crippen LogP contribution in [-0.4, -0.2) is 61.3 Å². The molecule has 172 valence electrons. The number of likely N-dealkylation sites (tertiary alicyclic amines) is 1. The molecule has 1 amide bonds. The average Bonchev–Trinajstić information content (AvgIpc) is 3.40. The fourth-order valence-electron chi connectivity index (χ4n) is 5.22. The Labute approximate surface area is 188 Å². The predicted molar refractivity (Wildman–Crippen MR) is 125 cm³/mol. The van der Waals surface area contributed by atoms with Gasteiger partial charge in [0.15, 0.2) is 0 Å². The van der Waals surface area contributed by atoms with Crippen LogP contribution in [0.1, 0.15) is 65.3 Å². The summed E-state index contributed by atoms with van der Waals surface area (Å²) >= 11 is 0. The van der Waals surface area contributed by atoms with Crippen LogP contribution >= 0.6 is 0 Å². The third-order valence-electron chi connectivity index (χ3n) is 6.83. The molecule has 0 atom stereocenters. The number of imidazole rings is 1. The van der Waals surface area contributed by atoms with Crippen molar-refractivity contribution in [3.05, 3.63) is 24.8 Å². The Kier molecular flexibility index (Phi) is 5.57. The molecule has 1 aliphatic heterocycles. The molecule has 2 aliphatic rings. The standard InChI is InChI=1S/C24H34N6O2/c1-24(2,3)32-23(31)29-12-9-17(10-13-29)28-16-4-6-18(7-5-16)30-15-27-20-14-26-22-19(21(20)30)8-11-25-22/h8,11,14-18,28H,4-7,9-10,12-13H2,1-3H3,(H,25,26). The van der Waals surface area contributed by atoms with E-state index in [-0.39, 0.29) is 6.09 Å². The summed E-state index contributed by atoms with van der Waals surface area (Å²) in [5, 5.41) is 5.03. The van der Waals surface area contributed by atoms with Gasteiger partial charge in [-0.2, -0.15) is 0 Å². The highest BCUT2D eigenvalue weighted by molar-refractivity contribution is 6.00. The van der Waals surface area contributed by atoms with Crippen molar-refractivity contribution in [2.45, 2.75) is 83.0 Å². The van der Waals surface area contributed by atoms with Crippen LogP contribution in [0.4, 0.5) is 4.79 Å². The summed E-state index contributed by atoms with van der Waals surface area (Å²) < 4.78 is 7.88. The van der Waals surface area contributed by atoms with Gasteiger partial charge in [0.2, 0.25) is 0 Å². The van der Waals surface area contributed by atoms with Crippen molar-refractivity contribution in [2.75, 3.05) is 13.1 Å². The van der Waals surface area contributed by atoms with E-state index in [9.17, 15) is 4.79 Å². The molecule has 5 rings (SSSR count). The number of aromatic nitrogens is 4. The molecule has 2 N–H and O–H groups in total. The van der Waals surface area contributed by atoms with E-state index in [0.717, 1.165) is 68.2 Å². The molecular formula is C24H34N6O2. The highest BCUT2D eigenvalue weighted by Gasteiger charge is 2.30. The number of piperidine rings is 1. The van der Waals surface area contributed by atoms with Gasteiger partial charge >= 0.3 is 6.09 Å². The number of pyridine rings is 1. The minimum Gasteiger partial charge on any atom is -0.444 e. The first-order valence-corrected chi connectivity index (χ1v) is 11.9. The molecule has 0 radical (unpaired) electrons. The van der Waals surface area contributed by atoms with Crippen LogP contribution in [-0.2, 0) is 4.74 Å². The van der Waals surface area contributed by atoms with E-state index in [0.29, 0.717) is 18.1 Å². The number of rotatable bonds is 3. The molecule has 32 heavy (non-hydrogen) atoms. The normalized spacial score (nSPS) is 23.2. The van der Waals surface area contributed by atoms with Crippen LogP contribution in [0.3, 0.4) is 0 Å². The van der Waals surface area contributed by atoms with Crippen LogP contribution in [0.5, 0.6) is 0 Å². The Balaban J connectivity index is 1.14. The van der Waals surface area contributed by atoms with Crippen molar-refractivity contribution in [2.24, 2.45) is 0 Å². The third kappa shape index (κ3) is 4.33. The molecule has 1 aliphatic carbocycles. The number of aromatic amines is 1. The van der Waals surface area contributed by atoms with Gasteiger partial charge in [-0.25, -0.2) is 14.8 Å². The van der Waals surface area contributed by atoms with Crippen molar-refractivity contribution < 1.29 is 9.53 Å². The Morgan fingerprint density at radius 3 is 2.53 bits per heavy atom. The molecule has 3 aromatic heterocycles. The number of fused-ring (bicyclic) bond motifs is 3. The molecule has 2 fully saturated rings. The third-order valence-corrected chi connectivity index (χ3v) is 6.83. The van der Waals surface area contributed by atoms with Gasteiger partial charge in [0.25, 0.3) is 0 Å². The maximum atomic E-state index is 12.3. The lowest BCUT2D eigenvalue weighted by Gasteiger charge is -2.37. The van der Waals surface area contributed by atoms with Gasteiger partial charge in [-0.15, -0.1) is 0 Å². The monoisotopic (exact) mass is 438 g/mol. The van der Waals surface area contributed by atoms with Crippen LogP contribution in [0.2, 0.25) is 0 Å². The van der Waals surface area contributed by atoms with Crippen molar-refractivity contribution in [1.82, 2.24) is 29.7 Å². The van der Waals surface area contributed by atoms with Gasteiger partial charge < -0.3 is 24.5 Å². The second-order valence-electron chi connectivity index (χ2n) is 10.3. The van der Waals surface area contributed by atoms with E-state index >= 15 is 0 Å². The van der Waals surface area contributed by atoms with Gasteiger partial charge in [-0.05, 0) is 65.4 Å². The van der Waals surface area contributed by atoms with E-state index in [4.69, 9.17) is 4.74 Å². The summed E-state index contributed by atoms with van der Waals surface area (Å²) in [4.78, 5) is 26.4. The molecule has 3 aromatic rings. The number of hydrogen-bond donors (Lipinski definition) is 2. The molecule has 0 spiro atoms. The van der Waals surface area contributed by atoms with Gasteiger partial charge in [-0.3, -0.25) is 0 Å². The molecule has 1 saturated heterocycles. The predicted octanol–water partition coefficient (Wildman–Crippen LogP) is 4.39. The summed E-state index contributed by atoms with van der Waals surface area (Å²) in [5.41, 5.74) is 2.65. The molecular weight excluding hydrogens is 404 g/mol. The van der Waals surface area contributed by atoms with Gasteiger partial charge in [-0.1, -0.05) is 0 Å². The Morgan fingerprint density at radius 1 is 1.09 bits per heavy atom. The van der Waals surface area contributed by atoms with Gasteiger partial charge in [0.05, 0.1) is 18.0 Å². The van der Waals surface area contributed by atoms with E-state index in [1.807, 2.05) is 44.4 Å². The van der Waals surface area contributed by atoms with E-state index in [1.165, 1.54) is 5.52 Å². The van der Waals surface area contributed by atoms with Gasteiger partial charge in [0.1, 0.15) is 16.8 Å². The topological polar surface area (TPSA) is 88.1 Å². The molecule has 1 saturated carbocycles. The second-order valence-corrected chi connectivity index (χ2v) is 10.3. The van der Waals surface area contributed by atoms with E-state index < -0.39 is 5.60 Å². The largest absolute Gasteiger partial charge is 0.444 e. The zero-order chi connectivity index (χ0) is 22.3. The highest BCUT2D eigenvalue weighted by Crippen LogP contribution is 2.33. The zero-order valence-corrected chi connectivity index (χ0v) is 19.3. The number of carbonyl (C=O) groups excluding carboxylic acids is 1. The fraction of sp³-hybridized carbons (Fsp3) is 0.625. The SMILES string of the molecule is CC(C)(C)OC(=O)N1CCC(NC2CCC(n3cnc4cnc5[nH]ccc5c43)CC2)CC1. The maximum Gasteiger partial charge on any atom is 0.410 e. The number of nitrogens with one attached hydrogen (secondary N) is 2. The average molecular weight is 439 g/mol. The van der Waals surface area contributed by atoms with Crippen molar-refractivity contribution >= 4 is 28.2 Å². The molecule has 4 heterocycles. The van der Waals surface area contributed by atoms with Crippen LogP contribution in [0.15, 0.2) is 24.8 Å². The van der Waals surface area contributed by atoms with Crippen molar-refractivity contribution in [3.8, 4) is 0 Å². The lowest BCUT2D eigenvalue weighted by molar-refractivity contribution is 0.0194. The molecule has 0 unspecified atom stereocenters.